The Bertz CT molecular complexity index is 1480. The van der Waals surface area contributed by atoms with Crippen LogP contribution in [0.3, 0.4) is 0 Å². The number of carbonyl (C=O) groups is 2. The molecule has 1 heterocycles. The molecule has 0 aliphatic rings. The number of benzene rings is 3. The Morgan fingerprint density at radius 3 is 2.51 bits per heavy atom. The summed E-state index contributed by atoms with van der Waals surface area (Å²) in [6.07, 6.45) is 3.41. The molecular weight excluding hydrogens is 489 g/mol. The van der Waals surface area contributed by atoms with Crippen molar-refractivity contribution in [3.05, 3.63) is 116 Å². The number of fused-ring (bicyclic) bond motifs is 1. The predicted octanol–water partition coefficient (Wildman–Crippen LogP) is 5.69. The fourth-order valence-corrected chi connectivity index (χ4v) is 3.61. The monoisotopic (exact) mass is 507 g/mol. The van der Waals surface area contributed by atoms with Crippen LogP contribution in [0.1, 0.15) is 21.5 Å². The Labute approximate surface area is 210 Å². The van der Waals surface area contributed by atoms with E-state index < -0.39 is 17.5 Å². The van der Waals surface area contributed by atoms with E-state index in [4.69, 9.17) is 32.4 Å². The van der Waals surface area contributed by atoms with E-state index in [0.29, 0.717) is 34.0 Å². The van der Waals surface area contributed by atoms with Crippen molar-refractivity contribution >= 4 is 52.1 Å². The number of ether oxygens (including phenoxy) is 1. The third kappa shape index (κ3) is 6.38. The number of rotatable bonds is 7. The van der Waals surface area contributed by atoms with E-state index >= 15 is 0 Å². The molecule has 0 radical (unpaired) electrons. The molecule has 1 N–H and O–H groups in total. The van der Waals surface area contributed by atoms with Crippen molar-refractivity contribution in [3.8, 4) is 5.75 Å². The van der Waals surface area contributed by atoms with Crippen molar-refractivity contribution < 1.29 is 18.7 Å². The van der Waals surface area contributed by atoms with E-state index in [9.17, 15) is 14.4 Å². The molecule has 3 aromatic carbocycles. The lowest BCUT2D eigenvalue weighted by Crippen LogP contribution is -2.29. The number of esters is 1. The van der Waals surface area contributed by atoms with Gasteiger partial charge in [0, 0.05) is 24.1 Å². The van der Waals surface area contributed by atoms with E-state index in [-0.39, 0.29) is 16.9 Å². The van der Waals surface area contributed by atoms with Crippen LogP contribution in [0.15, 0.2) is 88.1 Å². The second kappa shape index (κ2) is 11.0. The van der Waals surface area contributed by atoms with Crippen LogP contribution < -0.4 is 15.7 Å². The average molecular weight is 508 g/mol. The first-order valence-corrected chi connectivity index (χ1v) is 11.4. The largest absolute Gasteiger partial charge is 0.423 e. The molecule has 0 aliphatic heterocycles. The van der Waals surface area contributed by atoms with Gasteiger partial charge < -0.3 is 14.5 Å². The zero-order chi connectivity index (χ0) is 24.8. The van der Waals surface area contributed by atoms with Gasteiger partial charge in [-0.2, -0.15) is 0 Å². The lowest BCUT2D eigenvalue weighted by molar-refractivity contribution is -0.128. The molecule has 0 bridgehead atoms. The molecule has 0 saturated carbocycles. The fourth-order valence-electron chi connectivity index (χ4n) is 3.30. The SMILES string of the molecule is O=C(C=Cc1ccc(Cl)c(Cl)c1)Oc1ccc2cc(C(=O)NCCc3ccccc3)c(=O)oc2c1. The molecule has 0 unspecified atom stereocenters. The van der Waals surface area contributed by atoms with Gasteiger partial charge in [-0.25, -0.2) is 9.59 Å². The van der Waals surface area contributed by atoms with Gasteiger partial charge >= 0.3 is 11.6 Å². The Morgan fingerprint density at radius 2 is 1.74 bits per heavy atom. The molecular formula is C27H19Cl2NO5. The van der Waals surface area contributed by atoms with Crippen LogP contribution in [0, 0.1) is 0 Å². The standard InChI is InChI=1S/C27H19Cl2NO5/c28-22-10-6-18(14-23(22)29)7-11-25(31)34-20-9-8-19-15-21(27(33)35-24(19)16-20)26(32)30-13-12-17-4-2-1-3-5-17/h1-11,14-16H,12-13H2,(H,30,32). The van der Waals surface area contributed by atoms with Gasteiger partial charge in [0.05, 0.1) is 10.0 Å². The molecule has 0 aliphatic carbocycles. The van der Waals surface area contributed by atoms with Gasteiger partial charge in [-0.1, -0.05) is 59.6 Å². The Morgan fingerprint density at radius 1 is 0.943 bits per heavy atom. The van der Waals surface area contributed by atoms with E-state index in [2.05, 4.69) is 5.32 Å². The molecule has 0 spiro atoms. The molecule has 4 rings (SSSR count). The number of halogens is 2. The van der Waals surface area contributed by atoms with Gasteiger partial charge in [-0.05, 0) is 54.0 Å². The first-order chi connectivity index (χ1) is 16.9. The number of nitrogens with one attached hydrogen (secondary N) is 1. The number of amides is 1. The van der Waals surface area contributed by atoms with Crippen molar-refractivity contribution in [1.82, 2.24) is 5.32 Å². The minimum absolute atomic E-state index is 0.0973. The molecule has 176 valence electrons. The smallest absolute Gasteiger partial charge is 0.349 e. The predicted molar refractivity (Wildman–Crippen MR) is 136 cm³/mol. The van der Waals surface area contributed by atoms with Gasteiger partial charge in [-0.15, -0.1) is 0 Å². The number of hydrogen-bond acceptors (Lipinski definition) is 5. The van der Waals surface area contributed by atoms with Crippen LogP contribution in [-0.2, 0) is 11.2 Å². The van der Waals surface area contributed by atoms with Crippen LogP contribution >= 0.6 is 23.2 Å². The summed E-state index contributed by atoms with van der Waals surface area (Å²) in [6.45, 7) is 0.380. The van der Waals surface area contributed by atoms with Crippen LogP contribution in [0.25, 0.3) is 17.0 Å². The maximum Gasteiger partial charge on any atom is 0.349 e. The Kier molecular flexibility index (Phi) is 7.65. The summed E-state index contributed by atoms with van der Waals surface area (Å²) in [7, 11) is 0. The molecule has 0 fully saturated rings. The van der Waals surface area contributed by atoms with Crippen molar-refractivity contribution in [2.45, 2.75) is 6.42 Å². The summed E-state index contributed by atoms with van der Waals surface area (Å²) >= 11 is 11.8. The topological polar surface area (TPSA) is 85.6 Å². The van der Waals surface area contributed by atoms with E-state index in [1.165, 1.54) is 24.3 Å². The van der Waals surface area contributed by atoms with Crippen molar-refractivity contribution in [1.29, 1.82) is 0 Å². The zero-order valence-corrected chi connectivity index (χ0v) is 19.8. The molecule has 4 aromatic rings. The van der Waals surface area contributed by atoms with E-state index in [0.717, 1.165) is 5.56 Å². The summed E-state index contributed by atoms with van der Waals surface area (Å²) in [4.78, 5) is 37.0. The Hall–Kier alpha value is -3.87. The Balaban J connectivity index is 1.41. The quantitative estimate of drug-likeness (QED) is 0.150. The highest BCUT2D eigenvalue weighted by atomic mass is 35.5. The number of hydrogen-bond donors (Lipinski definition) is 1. The van der Waals surface area contributed by atoms with Gasteiger partial charge in [0.15, 0.2) is 0 Å². The lowest BCUT2D eigenvalue weighted by Gasteiger charge is -2.06. The summed E-state index contributed by atoms with van der Waals surface area (Å²) in [6, 6.07) is 20.7. The van der Waals surface area contributed by atoms with E-state index in [1.807, 2.05) is 30.3 Å². The lowest BCUT2D eigenvalue weighted by atomic mass is 10.1. The minimum Gasteiger partial charge on any atom is -0.423 e. The maximum absolute atomic E-state index is 12.5. The second-order valence-electron chi connectivity index (χ2n) is 7.57. The zero-order valence-electron chi connectivity index (χ0n) is 18.3. The van der Waals surface area contributed by atoms with Crippen LogP contribution in [0.4, 0.5) is 0 Å². The van der Waals surface area contributed by atoms with Crippen molar-refractivity contribution in [3.63, 3.8) is 0 Å². The van der Waals surface area contributed by atoms with E-state index in [1.54, 1.807) is 30.3 Å². The van der Waals surface area contributed by atoms with Crippen LogP contribution in [0.2, 0.25) is 10.0 Å². The molecule has 6 nitrogen and oxygen atoms in total. The van der Waals surface area contributed by atoms with Gasteiger partial charge in [0.25, 0.3) is 5.91 Å². The summed E-state index contributed by atoms with van der Waals surface area (Å²) in [5, 5.41) is 4.04. The number of carbonyl (C=O) groups excluding carboxylic acids is 2. The molecule has 0 saturated heterocycles. The van der Waals surface area contributed by atoms with Crippen LogP contribution in [-0.4, -0.2) is 18.4 Å². The molecule has 1 aromatic heterocycles. The van der Waals surface area contributed by atoms with Crippen LogP contribution in [0.5, 0.6) is 5.75 Å². The maximum atomic E-state index is 12.5. The summed E-state index contributed by atoms with van der Waals surface area (Å²) in [5.74, 6) is -0.962. The highest BCUT2D eigenvalue weighted by Crippen LogP contribution is 2.24. The highest BCUT2D eigenvalue weighted by Gasteiger charge is 2.14. The van der Waals surface area contributed by atoms with Gasteiger partial charge in [0.2, 0.25) is 0 Å². The molecule has 35 heavy (non-hydrogen) atoms. The van der Waals surface area contributed by atoms with Crippen molar-refractivity contribution in [2.24, 2.45) is 0 Å². The minimum atomic E-state index is -0.780. The normalized spacial score (nSPS) is 11.0. The molecule has 0 atom stereocenters. The highest BCUT2D eigenvalue weighted by molar-refractivity contribution is 6.42. The van der Waals surface area contributed by atoms with Gasteiger partial charge in [-0.3, -0.25) is 4.79 Å². The van der Waals surface area contributed by atoms with Gasteiger partial charge in [0.1, 0.15) is 16.9 Å². The first kappa shape index (κ1) is 24.3. The average Bonchev–Trinajstić information content (AvgIpc) is 2.85. The second-order valence-corrected chi connectivity index (χ2v) is 8.38. The third-order valence-electron chi connectivity index (χ3n) is 5.07. The van der Waals surface area contributed by atoms with Crippen molar-refractivity contribution in [2.75, 3.05) is 6.54 Å². The summed E-state index contributed by atoms with van der Waals surface area (Å²) in [5.41, 5.74) is 1.06. The first-order valence-electron chi connectivity index (χ1n) is 10.6. The molecule has 8 heteroatoms. The third-order valence-corrected chi connectivity index (χ3v) is 5.81. The summed E-state index contributed by atoms with van der Waals surface area (Å²) < 4.78 is 10.6. The fraction of sp³-hybridized carbons (Fsp3) is 0.0741. The molecule has 1 amide bonds.